The zero-order valence-electron chi connectivity index (χ0n) is 21.3. The second-order valence-electron chi connectivity index (χ2n) is 9.38. The highest BCUT2D eigenvalue weighted by Gasteiger charge is 2.33. The van der Waals surface area contributed by atoms with Gasteiger partial charge in [0.05, 0.1) is 17.2 Å². The van der Waals surface area contributed by atoms with Crippen molar-refractivity contribution < 1.29 is 9.90 Å². The van der Waals surface area contributed by atoms with Crippen LogP contribution in [-0.4, -0.2) is 27.6 Å². The molecule has 4 nitrogen and oxygen atoms in total. The molecule has 0 unspecified atom stereocenters. The van der Waals surface area contributed by atoms with Crippen molar-refractivity contribution in [2.75, 3.05) is 6.54 Å². The lowest BCUT2D eigenvalue weighted by molar-refractivity contribution is -0.122. The first-order valence-electron chi connectivity index (χ1n) is 13.2. The average Bonchev–Trinajstić information content (AvgIpc) is 3.15. The van der Waals surface area contributed by atoms with Gasteiger partial charge in [0, 0.05) is 6.54 Å². The number of carbonyl (C=O) groups excluding carboxylic acids is 1. The van der Waals surface area contributed by atoms with Gasteiger partial charge >= 0.3 is 0 Å². The summed E-state index contributed by atoms with van der Waals surface area (Å²) in [6, 6.07) is 15.8. The molecule has 0 aliphatic carbocycles. The first-order chi connectivity index (χ1) is 17.1. The second kappa shape index (κ2) is 14.9. The lowest BCUT2D eigenvalue weighted by Gasteiger charge is -2.15. The molecule has 0 atom stereocenters. The van der Waals surface area contributed by atoms with E-state index in [0.29, 0.717) is 11.4 Å². The number of aliphatic imine (C=N–C) groups is 1. The van der Waals surface area contributed by atoms with Crippen molar-refractivity contribution in [1.29, 1.82) is 0 Å². The van der Waals surface area contributed by atoms with Crippen molar-refractivity contribution in [3.8, 4) is 0 Å². The van der Waals surface area contributed by atoms with Crippen molar-refractivity contribution >= 4 is 34.6 Å². The number of benzene rings is 2. The standard InChI is InChI=1S/C30H40N2O2S/c1-3-4-5-6-7-8-9-10-11-12-21-32-29(34)28(22-25-15-17-26(23-33)18-16-25)35-30(32)31-27-19-13-24(2)14-20-27/h13-20,22,33H,3-12,21,23H2,1-2H3. The van der Waals surface area contributed by atoms with Crippen molar-refractivity contribution in [1.82, 2.24) is 4.90 Å². The molecule has 1 aliphatic rings. The fraction of sp³-hybridized carbons (Fsp3) is 0.467. The molecule has 1 fully saturated rings. The van der Waals surface area contributed by atoms with Crippen LogP contribution in [0.3, 0.4) is 0 Å². The Balaban J connectivity index is 1.60. The number of hydrogen-bond acceptors (Lipinski definition) is 4. The minimum absolute atomic E-state index is 0.0184. The zero-order chi connectivity index (χ0) is 24.9. The van der Waals surface area contributed by atoms with E-state index >= 15 is 0 Å². The Kier molecular flexibility index (Phi) is 11.6. The molecule has 0 radical (unpaired) electrons. The van der Waals surface area contributed by atoms with Crippen LogP contribution >= 0.6 is 11.8 Å². The van der Waals surface area contributed by atoms with E-state index in [1.165, 1.54) is 68.7 Å². The van der Waals surface area contributed by atoms with E-state index in [1.54, 1.807) is 0 Å². The Morgan fingerprint density at radius 2 is 1.46 bits per heavy atom. The Morgan fingerprint density at radius 3 is 2.06 bits per heavy atom. The van der Waals surface area contributed by atoms with Crippen LogP contribution in [-0.2, 0) is 11.4 Å². The van der Waals surface area contributed by atoms with E-state index in [9.17, 15) is 9.90 Å². The van der Waals surface area contributed by atoms with Crippen LogP contribution in [0, 0.1) is 6.92 Å². The molecule has 1 N–H and O–H groups in total. The summed E-state index contributed by atoms with van der Waals surface area (Å²) in [4.78, 5) is 20.7. The van der Waals surface area contributed by atoms with E-state index in [1.807, 2.05) is 59.5 Å². The molecule has 3 rings (SSSR count). The average molecular weight is 493 g/mol. The van der Waals surface area contributed by atoms with E-state index in [-0.39, 0.29) is 12.5 Å². The van der Waals surface area contributed by atoms with Gasteiger partial charge in [-0.3, -0.25) is 9.69 Å². The van der Waals surface area contributed by atoms with E-state index in [4.69, 9.17) is 4.99 Å². The van der Waals surface area contributed by atoms with Crippen LogP contribution in [0.2, 0.25) is 0 Å². The molecule has 188 valence electrons. The maximum Gasteiger partial charge on any atom is 0.266 e. The Morgan fingerprint density at radius 1 is 0.857 bits per heavy atom. The molecule has 2 aromatic rings. The van der Waals surface area contributed by atoms with Crippen LogP contribution < -0.4 is 0 Å². The summed E-state index contributed by atoms with van der Waals surface area (Å²) >= 11 is 1.45. The minimum atomic E-state index is 0.0184. The number of unbranched alkanes of at least 4 members (excludes halogenated alkanes) is 9. The number of aliphatic hydroxyl groups excluding tert-OH is 1. The molecule has 1 saturated heterocycles. The number of nitrogens with zero attached hydrogens (tertiary/aromatic N) is 2. The molecule has 0 bridgehead atoms. The quantitative estimate of drug-likeness (QED) is 0.215. The first-order valence-corrected chi connectivity index (χ1v) is 14.0. The number of thioether (sulfide) groups is 1. The van der Waals surface area contributed by atoms with Gasteiger partial charge in [0.25, 0.3) is 5.91 Å². The first kappa shape index (κ1) is 27.2. The third-order valence-electron chi connectivity index (χ3n) is 6.34. The summed E-state index contributed by atoms with van der Waals surface area (Å²) in [7, 11) is 0. The molecule has 1 amide bonds. The van der Waals surface area contributed by atoms with E-state index in [2.05, 4.69) is 13.8 Å². The van der Waals surface area contributed by atoms with Crippen molar-refractivity contribution in [2.24, 2.45) is 4.99 Å². The normalized spacial score (nSPS) is 16.1. The predicted octanol–water partition coefficient (Wildman–Crippen LogP) is 8.01. The van der Waals surface area contributed by atoms with E-state index in [0.717, 1.165) is 34.8 Å². The van der Waals surface area contributed by atoms with Crippen LogP contribution in [0.1, 0.15) is 87.8 Å². The fourth-order valence-electron chi connectivity index (χ4n) is 4.15. The van der Waals surface area contributed by atoms with Gasteiger partial charge in [0.2, 0.25) is 0 Å². The summed E-state index contributed by atoms with van der Waals surface area (Å²) in [6.45, 7) is 5.04. The maximum absolute atomic E-state index is 13.3. The number of aliphatic hydroxyl groups is 1. The zero-order valence-corrected chi connectivity index (χ0v) is 22.2. The van der Waals surface area contributed by atoms with Gasteiger partial charge in [-0.15, -0.1) is 0 Å². The highest BCUT2D eigenvalue weighted by atomic mass is 32.2. The lowest BCUT2D eigenvalue weighted by Crippen LogP contribution is -2.30. The molecule has 1 heterocycles. The lowest BCUT2D eigenvalue weighted by atomic mass is 10.1. The summed E-state index contributed by atoms with van der Waals surface area (Å²) in [5.41, 5.74) is 3.88. The second-order valence-corrected chi connectivity index (χ2v) is 10.4. The van der Waals surface area contributed by atoms with Crippen molar-refractivity contribution in [3.63, 3.8) is 0 Å². The van der Waals surface area contributed by atoms with Crippen molar-refractivity contribution in [2.45, 2.75) is 84.7 Å². The van der Waals surface area contributed by atoms with Crippen LogP contribution in [0.4, 0.5) is 5.69 Å². The molecule has 5 heteroatoms. The molecular weight excluding hydrogens is 452 g/mol. The maximum atomic E-state index is 13.3. The smallest absolute Gasteiger partial charge is 0.266 e. The highest BCUT2D eigenvalue weighted by Crippen LogP contribution is 2.34. The van der Waals surface area contributed by atoms with Gasteiger partial charge in [-0.1, -0.05) is 107 Å². The van der Waals surface area contributed by atoms with Gasteiger partial charge < -0.3 is 5.11 Å². The summed E-state index contributed by atoms with van der Waals surface area (Å²) < 4.78 is 0. The summed E-state index contributed by atoms with van der Waals surface area (Å²) in [5, 5.41) is 10.0. The number of carbonyl (C=O) groups is 1. The number of hydrogen-bond donors (Lipinski definition) is 1. The third-order valence-corrected chi connectivity index (χ3v) is 7.35. The SMILES string of the molecule is CCCCCCCCCCCCN1C(=O)C(=Cc2ccc(CO)cc2)SC1=Nc1ccc(C)cc1. The topological polar surface area (TPSA) is 52.9 Å². The monoisotopic (exact) mass is 492 g/mol. The molecule has 0 spiro atoms. The largest absolute Gasteiger partial charge is 0.392 e. The van der Waals surface area contributed by atoms with Crippen LogP contribution in [0.5, 0.6) is 0 Å². The van der Waals surface area contributed by atoms with Gasteiger partial charge in [0.1, 0.15) is 0 Å². The summed E-state index contributed by atoms with van der Waals surface area (Å²) in [5.74, 6) is 0.0306. The Labute approximate surface area is 215 Å². The van der Waals surface area contributed by atoms with Gasteiger partial charge in [-0.25, -0.2) is 4.99 Å². The Hall–Kier alpha value is -2.37. The number of amidine groups is 1. The molecular formula is C30H40N2O2S. The summed E-state index contributed by atoms with van der Waals surface area (Å²) in [6.07, 6.45) is 14.6. The number of aryl methyl sites for hydroxylation is 1. The van der Waals surface area contributed by atoms with Gasteiger partial charge in [0.15, 0.2) is 5.17 Å². The van der Waals surface area contributed by atoms with Gasteiger partial charge in [-0.2, -0.15) is 0 Å². The minimum Gasteiger partial charge on any atom is -0.392 e. The molecule has 2 aromatic carbocycles. The Bertz CT molecular complexity index is 980. The number of rotatable bonds is 14. The molecule has 0 aromatic heterocycles. The number of amides is 1. The van der Waals surface area contributed by atoms with Gasteiger partial charge in [-0.05, 0) is 54.4 Å². The predicted molar refractivity (Wildman–Crippen MR) is 150 cm³/mol. The van der Waals surface area contributed by atoms with Crippen molar-refractivity contribution in [3.05, 3.63) is 70.1 Å². The fourth-order valence-corrected chi connectivity index (χ4v) is 5.17. The van der Waals surface area contributed by atoms with E-state index < -0.39 is 0 Å². The molecule has 1 aliphatic heterocycles. The van der Waals surface area contributed by atoms with Crippen LogP contribution in [0.25, 0.3) is 6.08 Å². The molecule has 0 saturated carbocycles. The highest BCUT2D eigenvalue weighted by molar-refractivity contribution is 8.18. The third kappa shape index (κ3) is 8.97. The van der Waals surface area contributed by atoms with Crippen LogP contribution in [0.15, 0.2) is 58.4 Å². The molecule has 35 heavy (non-hydrogen) atoms.